The molecule has 104 valence electrons. The number of alkyl halides is 3. The average molecular weight is 290 g/mol. The van der Waals surface area contributed by atoms with Gasteiger partial charge in [0.2, 0.25) is 0 Å². The molecular formula is C12H13F3N2OS. The van der Waals surface area contributed by atoms with E-state index in [1.54, 1.807) is 6.07 Å². The van der Waals surface area contributed by atoms with Crippen LogP contribution in [0.25, 0.3) is 0 Å². The molecule has 2 aromatic rings. The standard InChI is InChI=1S/C12H13F3N2OS/c1-3-16-9(10-7(2)4-5-18-10)8-6-17-11(19-8)12(13,14)15/h4-6,9,16H,3H2,1-2H3. The van der Waals surface area contributed by atoms with Gasteiger partial charge in [0.15, 0.2) is 5.01 Å². The van der Waals surface area contributed by atoms with Crippen molar-refractivity contribution in [3.05, 3.63) is 39.7 Å². The Labute approximate surface area is 112 Å². The molecule has 1 unspecified atom stereocenters. The minimum absolute atomic E-state index is 0.395. The van der Waals surface area contributed by atoms with Crippen LogP contribution in [0.2, 0.25) is 0 Å². The van der Waals surface area contributed by atoms with E-state index in [9.17, 15) is 13.2 Å². The quantitative estimate of drug-likeness (QED) is 0.931. The van der Waals surface area contributed by atoms with E-state index in [-0.39, 0.29) is 0 Å². The highest BCUT2D eigenvalue weighted by Crippen LogP contribution is 2.36. The van der Waals surface area contributed by atoms with Crippen molar-refractivity contribution in [2.45, 2.75) is 26.1 Å². The first-order chi connectivity index (χ1) is 8.93. The summed E-state index contributed by atoms with van der Waals surface area (Å²) in [6, 6.07) is 1.39. The van der Waals surface area contributed by atoms with E-state index < -0.39 is 17.2 Å². The van der Waals surface area contributed by atoms with Crippen molar-refractivity contribution in [3.63, 3.8) is 0 Å². The maximum absolute atomic E-state index is 12.6. The highest BCUT2D eigenvalue weighted by Gasteiger charge is 2.35. The number of nitrogens with one attached hydrogen (secondary N) is 1. The predicted molar refractivity (Wildman–Crippen MR) is 66.1 cm³/mol. The molecule has 0 fully saturated rings. The first kappa shape index (κ1) is 14.1. The molecule has 7 heteroatoms. The first-order valence-corrected chi connectivity index (χ1v) is 6.55. The third-order valence-corrected chi connectivity index (χ3v) is 3.73. The Morgan fingerprint density at radius 1 is 1.47 bits per heavy atom. The van der Waals surface area contributed by atoms with Crippen molar-refractivity contribution in [1.29, 1.82) is 0 Å². The molecule has 2 heterocycles. The summed E-state index contributed by atoms with van der Waals surface area (Å²) < 4.78 is 43.1. The third-order valence-electron chi connectivity index (χ3n) is 2.62. The second-order valence-electron chi connectivity index (χ2n) is 4.02. The van der Waals surface area contributed by atoms with E-state index in [2.05, 4.69) is 10.3 Å². The number of rotatable bonds is 4. The minimum Gasteiger partial charge on any atom is -0.467 e. The molecule has 0 aliphatic carbocycles. The molecule has 0 spiro atoms. The number of hydrogen-bond donors (Lipinski definition) is 1. The summed E-state index contributed by atoms with van der Waals surface area (Å²) in [4.78, 5) is 3.93. The molecular weight excluding hydrogens is 277 g/mol. The summed E-state index contributed by atoms with van der Waals surface area (Å²) >= 11 is 0.636. The van der Waals surface area contributed by atoms with Crippen molar-refractivity contribution >= 4 is 11.3 Å². The Balaban J connectivity index is 2.35. The van der Waals surface area contributed by atoms with Gasteiger partial charge in [-0.3, -0.25) is 0 Å². The second-order valence-corrected chi connectivity index (χ2v) is 5.09. The molecule has 1 N–H and O–H groups in total. The van der Waals surface area contributed by atoms with Crippen molar-refractivity contribution in [1.82, 2.24) is 10.3 Å². The molecule has 19 heavy (non-hydrogen) atoms. The van der Waals surface area contributed by atoms with E-state index in [4.69, 9.17) is 4.42 Å². The van der Waals surface area contributed by atoms with Crippen LogP contribution in [0.5, 0.6) is 0 Å². The van der Waals surface area contributed by atoms with Crippen LogP contribution in [0.15, 0.2) is 22.9 Å². The molecule has 0 aromatic carbocycles. The van der Waals surface area contributed by atoms with Gasteiger partial charge in [0.05, 0.1) is 6.26 Å². The van der Waals surface area contributed by atoms with Gasteiger partial charge < -0.3 is 9.73 Å². The fraction of sp³-hybridized carbons (Fsp3) is 0.417. The lowest BCUT2D eigenvalue weighted by molar-refractivity contribution is -0.137. The normalized spacial score (nSPS) is 13.7. The highest BCUT2D eigenvalue weighted by atomic mass is 32.1. The van der Waals surface area contributed by atoms with Gasteiger partial charge >= 0.3 is 6.18 Å². The molecule has 3 nitrogen and oxygen atoms in total. The molecule has 0 saturated heterocycles. The predicted octanol–water partition coefficient (Wildman–Crippen LogP) is 3.76. The summed E-state index contributed by atoms with van der Waals surface area (Å²) in [6.07, 6.45) is -1.62. The SMILES string of the molecule is CCNC(c1cnc(C(F)(F)F)s1)c1occc1C. The Bertz CT molecular complexity index is 547. The van der Waals surface area contributed by atoms with E-state index in [1.165, 1.54) is 12.5 Å². The summed E-state index contributed by atoms with van der Waals surface area (Å²) in [5.41, 5.74) is 0.896. The first-order valence-electron chi connectivity index (χ1n) is 5.73. The zero-order chi connectivity index (χ0) is 14.0. The van der Waals surface area contributed by atoms with Gasteiger partial charge in [-0.15, -0.1) is 11.3 Å². The van der Waals surface area contributed by atoms with E-state index >= 15 is 0 Å². The number of aryl methyl sites for hydroxylation is 1. The summed E-state index contributed by atoms with van der Waals surface area (Å²) in [5, 5.41) is 2.28. The molecule has 2 rings (SSSR count). The van der Waals surface area contributed by atoms with Gasteiger partial charge in [-0.2, -0.15) is 13.2 Å². The number of halogens is 3. The lowest BCUT2D eigenvalue weighted by Gasteiger charge is -2.14. The van der Waals surface area contributed by atoms with Crippen LogP contribution < -0.4 is 5.32 Å². The van der Waals surface area contributed by atoms with Crippen LogP contribution in [0, 0.1) is 6.92 Å². The third kappa shape index (κ3) is 2.98. The van der Waals surface area contributed by atoms with Gasteiger partial charge in [-0.05, 0) is 25.1 Å². The zero-order valence-electron chi connectivity index (χ0n) is 10.4. The van der Waals surface area contributed by atoms with Gasteiger partial charge in [0, 0.05) is 11.1 Å². The molecule has 0 aliphatic rings. The second kappa shape index (κ2) is 5.34. The maximum atomic E-state index is 12.6. The monoisotopic (exact) mass is 290 g/mol. The van der Waals surface area contributed by atoms with Crippen LogP contribution in [-0.2, 0) is 6.18 Å². The van der Waals surface area contributed by atoms with Crippen LogP contribution >= 0.6 is 11.3 Å². The van der Waals surface area contributed by atoms with Crippen LogP contribution in [0.4, 0.5) is 13.2 Å². The average Bonchev–Trinajstić information content (AvgIpc) is 2.94. The lowest BCUT2D eigenvalue weighted by Crippen LogP contribution is -2.21. The Morgan fingerprint density at radius 2 is 2.21 bits per heavy atom. The summed E-state index contributed by atoms with van der Waals surface area (Å²) in [5.74, 6) is 0.624. The van der Waals surface area contributed by atoms with Gasteiger partial charge in [-0.25, -0.2) is 4.98 Å². The maximum Gasteiger partial charge on any atom is 0.443 e. The number of furan rings is 1. The fourth-order valence-electron chi connectivity index (χ4n) is 1.76. The van der Waals surface area contributed by atoms with Crippen LogP contribution in [-0.4, -0.2) is 11.5 Å². The largest absolute Gasteiger partial charge is 0.467 e. The molecule has 0 amide bonds. The van der Waals surface area contributed by atoms with Gasteiger partial charge in [0.25, 0.3) is 0 Å². The van der Waals surface area contributed by atoms with E-state index in [1.807, 2.05) is 13.8 Å². The highest BCUT2D eigenvalue weighted by molar-refractivity contribution is 7.11. The summed E-state index contributed by atoms with van der Waals surface area (Å²) in [7, 11) is 0. The fourth-order valence-corrected chi connectivity index (χ4v) is 2.62. The van der Waals surface area contributed by atoms with E-state index in [0.29, 0.717) is 28.5 Å². The Hall–Kier alpha value is -1.34. The van der Waals surface area contributed by atoms with E-state index in [0.717, 1.165) is 5.56 Å². The Morgan fingerprint density at radius 3 is 2.68 bits per heavy atom. The number of nitrogens with zero attached hydrogens (tertiary/aromatic N) is 1. The molecule has 0 saturated carbocycles. The van der Waals surface area contributed by atoms with Crippen molar-refractivity contribution in [2.75, 3.05) is 6.54 Å². The van der Waals surface area contributed by atoms with Crippen molar-refractivity contribution in [3.8, 4) is 0 Å². The lowest BCUT2D eigenvalue weighted by atomic mass is 10.1. The minimum atomic E-state index is -4.40. The molecule has 0 radical (unpaired) electrons. The number of thiazole rings is 1. The molecule has 0 bridgehead atoms. The van der Waals surface area contributed by atoms with Crippen LogP contribution in [0.1, 0.15) is 34.2 Å². The molecule has 2 aromatic heterocycles. The van der Waals surface area contributed by atoms with Gasteiger partial charge in [-0.1, -0.05) is 6.92 Å². The molecule has 0 aliphatic heterocycles. The molecule has 1 atom stereocenters. The van der Waals surface area contributed by atoms with Crippen molar-refractivity contribution < 1.29 is 17.6 Å². The zero-order valence-corrected chi connectivity index (χ0v) is 11.2. The number of hydrogen-bond acceptors (Lipinski definition) is 4. The van der Waals surface area contributed by atoms with Crippen LogP contribution in [0.3, 0.4) is 0 Å². The van der Waals surface area contributed by atoms with Crippen molar-refractivity contribution in [2.24, 2.45) is 0 Å². The topological polar surface area (TPSA) is 38.1 Å². The summed E-state index contributed by atoms with van der Waals surface area (Å²) in [6.45, 7) is 4.36. The smallest absolute Gasteiger partial charge is 0.443 e. The Kier molecular flexibility index (Phi) is 3.96. The van der Waals surface area contributed by atoms with Gasteiger partial charge in [0.1, 0.15) is 11.8 Å². The number of aromatic nitrogens is 1.